The molecule has 1 aliphatic carbocycles. The maximum absolute atomic E-state index is 13.4. The molecule has 0 atom stereocenters. The number of benzene rings is 1. The van der Waals surface area contributed by atoms with Gasteiger partial charge in [-0.15, -0.1) is 0 Å². The van der Waals surface area contributed by atoms with Crippen LogP contribution in [0.25, 0.3) is 0 Å². The predicted octanol–water partition coefficient (Wildman–Crippen LogP) is 3.01. The molecular weight excluding hydrogens is 317 g/mol. The van der Waals surface area contributed by atoms with Gasteiger partial charge in [0.15, 0.2) is 0 Å². The Morgan fingerprint density at radius 1 is 1.43 bits per heavy atom. The van der Waals surface area contributed by atoms with Gasteiger partial charge >= 0.3 is 0 Å². The first-order valence-corrected chi connectivity index (χ1v) is 9.06. The maximum Gasteiger partial charge on any atom is 0.262 e. The molecule has 1 saturated carbocycles. The van der Waals surface area contributed by atoms with Gasteiger partial charge in [-0.25, -0.2) is 12.8 Å². The normalized spacial score (nSPS) is 15.3. The quantitative estimate of drug-likeness (QED) is 0.778. The molecule has 1 aromatic carbocycles. The SMILES string of the molecule is CC(C)N(CC1CC1)C(=O)c1cc(F)ccc1S(=O)(=O)Cl. The second-order valence-corrected chi connectivity index (χ2v) is 8.11. The highest BCUT2D eigenvalue weighted by atomic mass is 35.7. The van der Waals surface area contributed by atoms with E-state index in [2.05, 4.69) is 0 Å². The fraction of sp³-hybridized carbons (Fsp3) is 0.500. The van der Waals surface area contributed by atoms with Crippen molar-refractivity contribution in [1.82, 2.24) is 4.90 Å². The minimum Gasteiger partial charge on any atom is -0.336 e. The highest BCUT2D eigenvalue weighted by Gasteiger charge is 2.31. The Morgan fingerprint density at radius 3 is 2.52 bits per heavy atom. The second kappa shape index (κ2) is 5.93. The van der Waals surface area contributed by atoms with E-state index >= 15 is 0 Å². The summed E-state index contributed by atoms with van der Waals surface area (Å²) in [5.74, 6) is -0.728. The molecule has 116 valence electrons. The van der Waals surface area contributed by atoms with Crippen molar-refractivity contribution in [2.75, 3.05) is 6.54 Å². The summed E-state index contributed by atoms with van der Waals surface area (Å²) < 4.78 is 36.6. The number of halogens is 2. The fourth-order valence-electron chi connectivity index (χ4n) is 2.14. The number of hydrogen-bond donors (Lipinski definition) is 0. The van der Waals surface area contributed by atoms with Crippen LogP contribution in [-0.2, 0) is 9.05 Å². The van der Waals surface area contributed by atoms with Crippen molar-refractivity contribution in [1.29, 1.82) is 0 Å². The highest BCUT2D eigenvalue weighted by molar-refractivity contribution is 8.13. The molecule has 0 aromatic heterocycles. The molecule has 21 heavy (non-hydrogen) atoms. The highest BCUT2D eigenvalue weighted by Crippen LogP contribution is 2.31. The summed E-state index contributed by atoms with van der Waals surface area (Å²) in [6.45, 7) is 4.23. The molecule has 1 aliphatic rings. The average molecular weight is 334 g/mol. The Morgan fingerprint density at radius 2 is 2.05 bits per heavy atom. The monoisotopic (exact) mass is 333 g/mol. The fourth-order valence-corrected chi connectivity index (χ4v) is 3.19. The van der Waals surface area contributed by atoms with Crippen LogP contribution in [0.1, 0.15) is 37.0 Å². The van der Waals surface area contributed by atoms with Crippen LogP contribution in [0.2, 0.25) is 0 Å². The van der Waals surface area contributed by atoms with E-state index in [0.717, 1.165) is 31.0 Å². The first-order valence-electron chi connectivity index (χ1n) is 6.75. The number of amides is 1. The topological polar surface area (TPSA) is 54.5 Å². The van der Waals surface area contributed by atoms with Crippen LogP contribution in [0.5, 0.6) is 0 Å². The van der Waals surface area contributed by atoms with Crippen molar-refractivity contribution in [3.63, 3.8) is 0 Å². The van der Waals surface area contributed by atoms with Gasteiger partial charge in [-0.05, 0) is 50.8 Å². The van der Waals surface area contributed by atoms with E-state index in [1.807, 2.05) is 13.8 Å². The predicted molar refractivity (Wildman–Crippen MR) is 78.3 cm³/mol. The third kappa shape index (κ3) is 3.95. The molecule has 0 N–H and O–H groups in total. The number of nitrogens with zero attached hydrogens (tertiary/aromatic N) is 1. The molecule has 4 nitrogen and oxygen atoms in total. The molecule has 0 radical (unpaired) electrons. The van der Waals surface area contributed by atoms with Gasteiger partial charge in [-0.2, -0.15) is 0 Å². The lowest BCUT2D eigenvalue weighted by atomic mass is 10.1. The standard InChI is InChI=1S/C14H17ClFNO3S/c1-9(2)17(8-10-3-4-10)14(18)12-7-11(16)5-6-13(12)21(15,19)20/h5-7,9-10H,3-4,8H2,1-2H3. The third-order valence-electron chi connectivity index (χ3n) is 3.47. The van der Waals surface area contributed by atoms with Gasteiger partial charge in [-0.3, -0.25) is 4.79 Å². The molecule has 1 fully saturated rings. The van der Waals surface area contributed by atoms with Crippen LogP contribution in [0, 0.1) is 11.7 Å². The van der Waals surface area contributed by atoms with E-state index in [1.165, 1.54) is 0 Å². The molecule has 7 heteroatoms. The lowest BCUT2D eigenvalue weighted by Crippen LogP contribution is -2.39. The first kappa shape index (κ1) is 16.2. The first-order chi connectivity index (χ1) is 9.70. The molecule has 0 unspecified atom stereocenters. The second-order valence-electron chi connectivity index (χ2n) is 5.57. The number of hydrogen-bond acceptors (Lipinski definition) is 3. The molecule has 1 aromatic rings. The molecule has 0 saturated heterocycles. The van der Waals surface area contributed by atoms with Crippen molar-refractivity contribution >= 4 is 25.6 Å². The van der Waals surface area contributed by atoms with Crippen molar-refractivity contribution < 1.29 is 17.6 Å². The molecule has 0 aliphatic heterocycles. The number of carbonyl (C=O) groups is 1. The van der Waals surface area contributed by atoms with Crippen LogP contribution in [-0.4, -0.2) is 31.8 Å². The van der Waals surface area contributed by atoms with Crippen molar-refractivity contribution in [2.24, 2.45) is 5.92 Å². The summed E-state index contributed by atoms with van der Waals surface area (Å²) in [4.78, 5) is 13.8. The summed E-state index contributed by atoms with van der Waals surface area (Å²) in [7, 11) is 1.23. The van der Waals surface area contributed by atoms with Crippen molar-refractivity contribution in [2.45, 2.75) is 37.6 Å². The zero-order valence-electron chi connectivity index (χ0n) is 11.8. The molecule has 0 spiro atoms. The zero-order valence-corrected chi connectivity index (χ0v) is 13.4. The van der Waals surface area contributed by atoms with Gasteiger partial charge in [0.2, 0.25) is 0 Å². The van der Waals surface area contributed by atoms with Gasteiger partial charge in [0.05, 0.1) is 10.5 Å². The average Bonchev–Trinajstić information content (AvgIpc) is 3.17. The lowest BCUT2D eigenvalue weighted by molar-refractivity contribution is 0.0691. The summed E-state index contributed by atoms with van der Waals surface area (Å²) >= 11 is 0. The van der Waals surface area contributed by atoms with E-state index in [1.54, 1.807) is 4.90 Å². The van der Waals surface area contributed by atoms with E-state index in [0.29, 0.717) is 12.5 Å². The van der Waals surface area contributed by atoms with Crippen LogP contribution in [0.15, 0.2) is 23.1 Å². The molecular formula is C14H17ClFNO3S. The van der Waals surface area contributed by atoms with Crippen LogP contribution in [0.3, 0.4) is 0 Å². The minimum atomic E-state index is -4.11. The Labute approximate surface area is 128 Å². The molecule has 1 amide bonds. The summed E-state index contributed by atoms with van der Waals surface area (Å²) in [5.41, 5.74) is -0.209. The summed E-state index contributed by atoms with van der Waals surface area (Å²) in [6.07, 6.45) is 2.11. The van der Waals surface area contributed by atoms with Gasteiger partial charge in [-0.1, -0.05) is 0 Å². The molecule has 0 bridgehead atoms. The van der Waals surface area contributed by atoms with Gasteiger partial charge < -0.3 is 4.90 Å². The molecule has 0 heterocycles. The summed E-state index contributed by atoms with van der Waals surface area (Å²) in [5, 5.41) is 0. The number of rotatable bonds is 5. The van der Waals surface area contributed by atoms with Gasteiger partial charge in [0, 0.05) is 23.3 Å². The van der Waals surface area contributed by atoms with Crippen LogP contribution < -0.4 is 0 Å². The van der Waals surface area contributed by atoms with E-state index in [4.69, 9.17) is 10.7 Å². The smallest absolute Gasteiger partial charge is 0.262 e. The lowest BCUT2D eigenvalue weighted by Gasteiger charge is -2.27. The van der Waals surface area contributed by atoms with E-state index in [9.17, 15) is 17.6 Å². The minimum absolute atomic E-state index is 0.104. The zero-order chi connectivity index (χ0) is 15.8. The summed E-state index contributed by atoms with van der Waals surface area (Å²) in [6, 6.07) is 2.83. The molecule has 2 rings (SSSR count). The van der Waals surface area contributed by atoms with E-state index < -0.39 is 20.8 Å². The van der Waals surface area contributed by atoms with Gasteiger partial charge in [0.1, 0.15) is 5.82 Å². The Kier molecular flexibility index (Phi) is 4.58. The largest absolute Gasteiger partial charge is 0.336 e. The number of carbonyl (C=O) groups excluding carboxylic acids is 1. The third-order valence-corrected chi connectivity index (χ3v) is 4.85. The Balaban J connectivity index is 2.42. The maximum atomic E-state index is 13.4. The van der Waals surface area contributed by atoms with Crippen molar-refractivity contribution in [3.8, 4) is 0 Å². The van der Waals surface area contributed by atoms with Gasteiger partial charge in [0.25, 0.3) is 15.0 Å². The van der Waals surface area contributed by atoms with Crippen molar-refractivity contribution in [3.05, 3.63) is 29.6 Å². The Hall–Kier alpha value is -1.14. The Bertz CT molecular complexity index is 656. The van der Waals surface area contributed by atoms with Crippen LogP contribution in [0.4, 0.5) is 4.39 Å². The van der Waals surface area contributed by atoms with E-state index in [-0.39, 0.29) is 16.5 Å². The van der Waals surface area contributed by atoms with Crippen LogP contribution >= 0.6 is 10.7 Å².